The van der Waals surface area contributed by atoms with Crippen molar-refractivity contribution in [2.45, 2.75) is 65.7 Å². The van der Waals surface area contributed by atoms with Crippen molar-refractivity contribution in [2.75, 3.05) is 6.61 Å². The van der Waals surface area contributed by atoms with Crippen LogP contribution in [0, 0.1) is 5.41 Å². The van der Waals surface area contributed by atoms with Crippen LogP contribution in [0.15, 0.2) is 46.8 Å². The van der Waals surface area contributed by atoms with Crippen molar-refractivity contribution < 1.29 is 19.4 Å². The highest BCUT2D eigenvalue weighted by atomic mass is 16.5. The maximum Gasteiger partial charge on any atom is 0.336 e. The fraction of sp³-hybridized carbons (Fsp3) is 0.500. The lowest BCUT2D eigenvalue weighted by Gasteiger charge is -2.39. The second-order valence-corrected chi connectivity index (χ2v) is 8.87. The number of Topliss-reactive ketones (excluding diaryl/α,β-unsaturated/α-hetero) is 1. The van der Waals surface area contributed by atoms with Crippen LogP contribution in [-0.2, 0) is 14.3 Å². The summed E-state index contributed by atoms with van der Waals surface area (Å²) in [5.41, 5.74) is 3.26. The standard InChI is InChI=1S/C24H31NO4/c1-5-6-7-11-29-23(28)20-15(2)25-18-13-24(3,4)14-19(27)22(18)21(20)16-9-8-10-17(26)12-16/h8-10,12,21,25-26H,5-7,11,13-14H2,1-4H3/t21-/m0/s1. The summed E-state index contributed by atoms with van der Waals surface area (Å²) in [7, 11) is 0. The molecular weight excluding hydrogens is 366 g/mol. The first kappa shape index (κ1) is 21.2. The second-order valence-electron chi connectivity index (χ2n) is 8.87. The molecule has 1 heterocycles. The Bertz CT molecular complexity index is 879. The molecule has 5 nitrogen and oxygen atoms in total. The molecule has 0 aromatic heterocycles. The lowest BCUT2D eigenvalue weighted by molar-refractivity contribution is -0.139. The number of phenolic OH excluding ortho intramolecular Hbond substituents is 1. The van der Waals surface area contributed by atoms with Crippen LogP contribution in [0.1, 0.15) is 71.3 Å². The number of allylic oxidation sites excluding steroid dienone is 3. The zero-order chi connectivity index (χ0) is 21.2. The fourth-order valence-electron chi connectivity index (χ4n) is 4.34. The minimum atomic E-state index is -0.527. The molecule has 1 atom stereocenters. The number of nitrogens with one attached hydrogen (secondary N) is 1. The molecule has 0 bridgehead atoms. The van der Waals surface area contributed by atoms with Gasteiger partial charge in [-0.2, -0.15) is 0 Å². The van der Waals surface area contributed by atoms with Crippen molar-refractivity contribution in [2.24, 2.45) is 5.41 Å². The molecule has 29 heavy (non-hydrogen) atoms. The molecule has 1 aromatic carbocycles. The molecule has 0 saturated carbocycles. The van der Waals surface area contributed by atoms with E-state index >= 15 is 0 Å². The van der Waals surface area contributed by atoms with Gasteiger partial charge in [-0.3, -0.25) is 4.79 Å². The molecule has 5 heteroatoms. The Balaban J connectivity index is 2.03. The largest absolute Gasteiger partial charge is 0.508 e. The summed E-state index contributed by atoms with van der Waals surface area (Å²) < 4.78 is 5.56. The van der Waals surface area contributed by atoms with E-state index in [-0.39, 0.29) is 16.9 Å². The van der Waals surface area contributed by atoms with Crippen molar-refractivity contribution in [1.29, 1.82) is 0 Å². The molecule has 1 aromatic rings. The van der Waals surface area contributed by atoms with E-state index in [2.05, 4.69) is 26.1 Å². The number of carbonyl (C=O) groups excluding carboxylic acids is 2. The number of hydrogen-bond donors (Lipinski definition) is 2. The molecule has 0 saturated heterocycles. The van der Waals surface area contributed by atoms with E-state index in [1.165, 1.54) is 0 Å². The molecule has 0 unspecified atom stereocenters. The minimum Gasteiger partial charge on any atom is -0.508 e. The molecule has 0 amide bonds. The highest BCUT2D eigenvalue weighted by Gasteiger charge is 2.43. The van der Waals surface area contributed by atoms with E-state index in [0.717, 1.165) is 36.9 Å². The highest BCUT2D eigenvalue weighted by Crippen LogP contribution is 2.47. The summed E-state index contributed by atoms with van der Waals surface area (Å²) in [4.78, 5) is 26.2. The molecule has 0 radical (unpaired) electrons. The van der Waals surface area contributed by atoms with Crippen LogP contribution in [-0.4, -0.2) is 23.5 Å². The monoisotopic (exact) mass is 397 g/mol. The van der Waals surface area contributed by atoms with Gasteiger partial charge < -0.3 is 15.2 Å². The maximum absolute atomic E-state index is 13.2. The van der Waals surface area contributed by atoms with Crippen molar-refractivity contribution in [3.8, 4) is 5.75 Å². The zero-order valence-corrected chi connectivity index (χ0v) is 17.8. The first-order valence-corrected chi connectivity index (χ1v) is 10.4. The van der Waals surface area contributed by atoms with Gasteiger partial charge in [0.25, 0.3) is 0 Å². The average molecular weight is 398 g/mol. The van der Waals surface area contributed by atoms with Crippen molar-refractivity contribution in [3.05, 3.63) is 52.4 Å². The van der Waals surface area contributed by atoms with Gasteiger partial charge in [0, 0.05) is 29.3 Å². The van der Waals surface area contributed by atoms with Gasteiger partial charge in [-0.1, -0.05) is 45.7 Å². The second kappa shape index (κ2) is 8.44. The fourth-order valence-corrected chi connectivity index (χ4v) is 4.34. The quantitative estimate of drug-likeness (QED) is 0.536. The van der Waals surface area contributed by atoms with Gasteiger partial charge in [-0.25, -0.2) is 4.79 Å². The van der Waals surface area contributed by atoms with E-state index in [1.807, 2.05) is 13.0 Å². The van der Waals surface area contributed by atoms with Crippen LogP contribution in [0.3, 0.4) is 0 Å². The summed E-state index contributed by atoms with van der Waals surface area (Å²) in [5.74, 6) is -0.773. The molecule has 2 N–H and O–H groups in total. The molecular formula is C24H31NO4. The van der Waals surface area contributed by atoms with Crippen LogP contribution >= 0.6 is 0 Å². The van der Waals surface area contributed by atoms with Gasteiger partial charge in [0.1, 0.15) is 5.75 Å². The molecule has 0 spiro atoms. The van der Waals surface area contributed by atoms with Gasteiger partial charge >= 0.3 is 5.97 Å². The third-order valence-electron chi connectivity index (χ3n) is 5.64. The number of ketones is 1. The van der Waals surface area contributed by atoms with Crippen LogP contribution in [0.5, 0.6) is 5.75 Å². The number of hydrogen-bond acceptors (Lipinski definition) is 5. The molecule has 2 aliphatic rings. The first-order valence-electron chi connectivity index (χ1n) is 10.4. The van der Waals surface area contributed by atoms with Crippen molar-refractivity contribution >= 4 is 11.8 Å². The van der Waals surface area contributed by atoms with Crippen molar-refractivity contribution in [3.63, 3.8) is 0 Å². The van der Waals surface area contributed by atoms with E-state index in [0.29, 0.717) is 29.9 Å². The lowest BCUT2D eigenvalue weighted by atomic mass is 9.68. The summed E-state index contributed by atoms with van der Waals surface area (Å²) in [6.45, 7) is 8.48. The van der Waals surface area contributed by atoms with Gasteiger partial charge in [-0.05, 0) is 42.9 Å². The van der Waals surface area contributed by atoms with Crippen LogP contribution in [0.2, 0.25) is 0 Å². The Morgan fingerprint density at radius 1 is 1.28 bits per heavy atom. The number of aromatic hydroxyl groups is 1. The molecule has 156 valence electrons. The topological polar surface area (TPSA) is 75.6 Å². The van der Waals surface area contributed by atoms with Gasteiger partial charge in [-0.15, -0.1) is 0 Å². The number of benzene rings is 1. The first-order chi connectivity index (χ1) is 13.7. The molecule has 3 rings (SSSR count). The summed E-state index contributed by atoms with van der Waals surface area (Å²) in [5, 5.41) is 13.4. The van der Waals surface area contributed by atoms with Gasteiger partial charge in [0.05, 0.1) is 12.2 Å². The highest BCUT2D eigenvalue weighted by molar-refractivity contribution is 6.04. The number of phenols is 1. The maximum atomic E-state index is 13.2. The number of ether oxygens (including phenoxy) is 1. The summed E-state index contributed by atoms with van der Waals surface area (Å²) >= 11 is 0. The van der Waals surface area contributed by atoms with Gasteiger partial charge in [0.2, 0.25) is 0 Å². The van der Waals surface area contributed by atoms with Crippen molar-refractivity contribution in [1.82, 2.24) is 5.32 Å². The Kier molecular flexibility index (Phi) is 6.15. The Labute approximate surface area is 172 Å². The normalized spacial score (nSPS) is 21.0. The number of carbonyl (C=O) groups is 2. The van der Waals surface area contributed by atoms with Crippen LogP contribution < -0.4 is 5.32 Å². The third kappa shape index (κ3) is 4.55. The average Bonchev–Trinajstić information content (AvgIpc) is 2.63. The predicted octanol–water partition coefficient (Wildman–Crippen LogP) is 4.73. The smallest absolute Gasteiger partial charge is 0.336 e. The zero-order valence-electron chi connectivity index (χ0n) is 17.8. The summed E-state index contributed by atoms with van der Waals surface area (Å²) in [6.07, 6.45) is 4.04. The van der Waals surface area contributed by atoms with Crippen LogP contribution in [0.25, 0.3) is 0 Å². The Hall–Kier alpha value is -2.56. The third-order valence-corrected chi connectivity index (χ3v) is 5.64. The number of rotatable bonds is 6. The van der Waals surface area contributed by atoms with Gasteiger partial charge in [0.15, 0.2) is 5.78 Å². The molecule has 1 aliphatic carbocycles. The number of dihydropyridines is 1. The van der Waals surface area contributed by atoms with E-state index in [1.54, 1.807) is 18.2 Å². The van der Waals surface area contributed by atoms with E-state index in [4.69, 9.17) is 4.74 Å². The Morgan fingerprint density at radius 2 is 2.03 bits per heavy atom. The number of esters is 1. The minimum absolute atomic E-state index is 0.0425. The molecule has 0 fully saturated rings. The van der Waals surface area contributed by atoms with Crippen LogP contribution in [0.4, 0.5) is 0 Å². The van der Waals surface area contributed by atoms with E-state index < -0.39 is 11.9 Å². The van der Waals surface area contributed by atoms with E-state index in [9.17, 15) is 14.7 Å². The number of unbranched alkanes of at least 4 members (excludes halogenated alkanes) is 2. The summed E-state index contributed by atoms with van der Waals surface area (Å²) in [6, 6.07) is 6.81. The SMILES string of the molecule is CCCCCOC(=O)C1=C(C)NC2=C(C(=O)CC(C)(C)C2)[C@H]1c1cccc(O)c1. The lowest BCUT2D eigenvalue weighted by Crippen LogP contribution is -2.38. The molecule has 1 aliphatic heterocycles. The Morgan fingerprint density at radius 3 is 2.72 bits per heavy atom. The predicted molar refractivity (Wildman–Crippen MR) is 112 cm³/mol.